The molecule has 6 nitrogen and oxygen atoms in total. The number of carbonyl (C=O) groups is 1. The minimum Gasteiger partial charge on any atom is -0.496 e. The van der Waals surface area contributed by atoms with Crippen molar-refractivity contribution in [2.24, 2.45) is 0 Å². The highest BCUT2D eigenvalue weighted by Crippen LogP contribution is 2.26. The van der Waals surface area contributed by atoms with Crippen molar-refractivity contribution >= 4 is 33.2 Å². The summed E-state index contributed by atoms with van der Waals surface area (Å²) in [5, 5.41) is 2.42. The Balaban J connectivity index is 2.42. The lowest BCUT2D eigenvalue weighted by Gasteiger charge is -2.19. The molecule has 2 aromatic rings. The van der Waals surface area contributed by atoms with E-state index in [-0.39, 0.29) is 26.9 Å². The average Bonchev–Trinajstić information content (AvgIpc) is 2.64. The van der Waals surface area contributed by atoms with Gasteiger partial charge in [0.15, 0.2) is 0 Å². The second kappa shape index (κ2) is 8.69. The molecule has 0 saturated carbocycles. The zero-order valence-corrected chi connectivity index (χ0v) is 16.7. The number of rotatable bonds is 7. The highest BCUT2D eigenvalue weighted by atomic mass is 35.5. The second-order valence-electron chi connectivity index (χ2n) is 5.53. The fourth-order valence-corrected chi connectivity index (χ4v) is 4.18. The molecule has 0 spiro atoms. The number of ether oxygens (including phenoxy) is 1. The van der Waals surface area contributed by atoms with Gasteiger partial charge in [-0.25, -0.2) is 12.8 Å². The fourth-order valence-electron chi connectivity index (χ4n) is 2.51. The fraction of sp³-hybridized carbons (Fsp3) is 0.278. The van der Waals surface area contributed by atoms with Crippen LogP contribution in [0.3, 0.4) is 0 Å². The zero-order valence-electron chi connectivity index (χ0n) is 15.1. The quantitative estimate of drug-likeness (QED) is 0.748. The van der Waals surface area contributed by atoms with Crippen molar-refractivity contribution in [2.45, 2.75) is 18.7 Å². The van der Waals surface area contributed by atoms with Crippen LogP contribution in [0.1, 0.15) is 24.2 Å². The number of nitrogens with one attached hydrogen (secondary N) is 1. The molecule has 0 aliphatic heterocycles. The molecule has 0 aromatic heterocycles. The Bertz CT molecular complexity index is 946. The van der Waals surface area contributed by atoms with E-state index in [0.717, 1.165) is 6.07 Å². The molecule has 0 atom stereocenters. The summed E-state index contributed by atoms with van der Waals surface area (Å²) >= 11 is 5.72. The van der Waals surface area contributed by atoms with Gasteiger partial charge < -0.3 is 10.1 Å². The van der Waals surface area contributed by atoms with Gasteiger partial charge in [0.1, 0.15) is 11.6 Å². The lowest BCUT2D eigenvalue weighted by atomic mass is 10.2. The van der Waals surface area contributed by atoms with Crippen molar-refractivity contribution in [1.82, 2.24) is 4.31 Å². The summed E-state index contributed by atoms with van der Waals surface area (Å²) < 4.78 is 45.1. The van der Waals surface area contributed by atoms with E-state index in [1.54, 1.807) is 13.8 Å². The minimum absolute atomic E-state index is 0.0192. The lowest BCUT2D eigenvalue weighted by Crippen LogP contribution is -2.30. The van der Waals surface area contributed by atoms with Crippen LogP contribution in [0, 0.1) is 5.82 Å². The number of hydrogen-bond donors (Lipinski definition) is 1. The molecule has 146 valence electrons. The molecule has 0 bridgehead atoms. The maximum Gasteiger partial charge on any atom is 0.259 e. The molecule has 1 N–H and O–H groups in total. The number of anilines is 1. The van der Waals surface area contributed by atoms with Gasteiger partial charge in [0.2, 0.25) is 10.0 Å². The number of hydrogen-bond acceptors (Lipinski definition) is 4. The molecule has 2 rings (SSSR count). The number of methoxy groups -OCH3 is 1. The Kier molecular flexibility index (Phi) is 6.80. The first-order valence-corrected chi connectivity index (χ1v) is 10.0. The Hall–Kier alpha value is -2.16. The van der Waals surface area contributed by atoms with Gasteiger partial charge >= 0.3 is 0 Å². The van der Waals surface area contributed by atoms with Crippen LogP contribution in [0.25, 0.3) is 0 Å². The topological polar surface area (TPSA) is 75.7 Å². The van der Waals surface area contributed by atoms with Gasteiger partial charge in [0, 0.05) is 18.8 Å². The van der Waals surface area contributed by atoms with Gasteiger partial charge in [-0.15, -0.1) is 0 Å². The molecule has 0 saturated heterocycles. The predicted octanol–water partition coefficient (Wildman–Crippen LogP) is 3.77. The third-order valence-electron chi connectivity index (χ3n) is 3.94. The average molecular weight is 415 g/mol. The first kappa shape index (κ1) is 21.1. The lowest BCUT2D eigenvalue weighted by molar-refractivity contribution is 0.102. The summed E-state index contributed by atoms with van der Waals surface area (Å²) in [6.45, 7) is 4.08. The Morgan fingerprint density at radius 2 is 1.85 bits per heavy atom. The van der Waals surface area contributed by atoms with Crippen molar-refractivity contribution < 1.29 is 22.3 Å². The summed E-state index contributed by atoms with van der Waals surface area (Å²) in [5.74, 6) is -1.01. The van der Waals surface area contributed by atoms with Crippen LogP contribution in [0.4, 0.5) is 10.1 Å². The van der Waals surface area contributed by atoms with Crippen LogP contribution in [0.2, 0.25) is 5.02 Å². The van der Waals surface area contributed by atoms with E-state index < -0.39 is 21.7 Å². The Morgan fingerprint density at radius 1 is 1.19 bits per heavy atom. The molecule has 2 aromatic carbocycles. The van der Waals surface area contributed by atoms with Gasteiger partial charge in [-0.1, -0.05) is 25.4 Å². The molecule has 0 aliphatic carbocycles. The van der Waals surface area contributed by atoms with Crippen LogP contribution >= 0.6 is 11.6 Å². The van der Waals surface area contributed by atoms with E-state index >= 15 is 0 Å². The summed E-state index contributed by atoms with van der Waals surface area (Å²) in [6, 6.07) is 7.80. The smallest absolute Gasteiger partial charge is 0.259 e. The third kappa shape index (κ3) is 4.58. The first-order chi connectivity index (χ1) is 12.7. The van der Waals surface area contributed by atoms with Crippen molar-refractivity contribution in [1.29, 1.82) is 0 Å². The van der Waals surface area contributed by atoms with Crippen molar-refractivity contribution in [3.63, 3.8) is 0 Å². The number of benzene rings is 2. The molecule has 0 radical (unpaired) electrons. The van der Waals surface area contributed by atoms with Crippen LogP contribution in [0.5, 0.6) is 5.75 Å². The number of sulfonamides is 1. The monoisotopic (exact) mass is 414 g/mol. The van der Waals surface area contributed by atoms with Crippen LogP contribution in [-0.4, -0.2) is 38.8 Å². The Labute approximate surface area is 162 Å². The Morgan fingerprint density at radius 3 is 2.41 bits per heavy atom. The number of carbonyl (C=O) groups excluding carboxylic acids is 1. The number of halogens is 2. The largest absolute Gasteiger partial charge is 0.496 e. The molecule has 0 unspecified atom stereocenters. The highest BCUT2D eigenvalue weighted by Gasteiger charge is 2.24. The minimum atomic E-state index is -3.74. The van der Waals surface area contributed by atoms with Gasteiger partial charge in [0.05, 0.1) is 22.6 Å². The maximum atomic E-state index is 13.3. The maximum absolute atomic E-state index is 13.3. The van der Waals surface area contributed by atoms with Crippen molar-refractivity contribution in [2.75, 3.05) is 25.5 Å². The predicted molar refractivity (Wildman–Crippen MR) is 102 cm³/mol. The number of amides is 1. The van der Waals surface area contributed by atoms with E-state index in [9.17, 15) is 17.6 Å². The van der Waals surface area contributed by atoms with Crippen molar-refractivity contribution in [3.05, 3.63) is 52.8 Å². The van der Waals surface area contributed by atoms with Gasteiger partial charge in [-0.2, -0.15) is 4.31 Å². The summed E-state index contributed by atoms with van der Waals surface area (Å²) in [7, 11) is -2.37. The van der Waals surface area contributed by atoms with Crippen LogP contribution in [0.15, 0.2) is 41.3 Å². The van der Waals surface area contributed by atoms with E-state index in [1.807, 2.05) is 0 Å². The molecule has 27 heavy (non-hydrogen) atoms. The highest BCUT2D eigenvalue weighted by molar-refractivity contribution is 7.89. The van der Waals surface area contributed by atoms with Crippen LogP contribution in [-0.2, 0) is 10.0 Å². The number of nitrogens with zero attached hydrogens (tertiary/aromatic N) is 1. The molecule has 0 fully saturated rings. The SMILES string of the molecule is CCN(CC)S(=O)(=O)c1ccc(OC)c(C(=O)Nc2ccc(F)c(Cl)c2)c1. The van der Waals surface area contributed by atoms with Crippen LogP contribution < -0.4 is 10.1 Å². The van der Waals surface area contributed by atoms with Gasteiger partial charge in [-0.3, -0.25) is 4.79 Å². The zero-order chi connectivity index (χ0) is 20.2. The second-order valence-corrected chi connectivity index (χ2v) is 7.88. The van der Waals surface area contributed by atoms with E-state index in [0.29, 0.717) is 13.1 Å². The molecule has 0 aliphatic rings. The molecular formula is C18H20ClFN2O4S. The third-order valence-corrected chi connectivity index (χ3v) is 6.27. The van der Waals surface area contributed by atoms with E-state index in [1.165, 1.54) is 41.7 Å². The van der Waals surface area contributed by atoms with Gasteiger partial charge in [-0.05, 0) is 36.4 Å². The standard InChI is InChI=1S/C18H20ClFN2O4S/c1-4-22(5-2)27(24,25)13-7-9-17(26-3)14(11-13)18(23)21-12-6-8-16(20)15(19)10-12/h6-11H,4-5H2,1-3H3,(H,21,23). The molecule has 1 amide bonds. The first-order valence-electron chi connectivity index (χ1n) is 8.19. The molecule has 0 heterocycles. The summed E-state index contributed by atoms with van der Waals surface area (Å²) in [5.41, 5.74) is 0.302. The summed E-state index contributed by atoms with van der Waals surface area (Å²) in [6.07, 6.45) is 0. The molecular weight excluding hydrogens is 395 g/mol. The normalized spacial score (nSPS) is 11.5. The molecule has 9 heteroatoms. The van der Waals surface area contributed by atoms with Gasteiger partial charge in [0.25, 0.3) is 5.91 Å². The van der Waals surface area contributed by atoms with E-state index in [2.05, 4.69) is 5.32 Å². The summed E-state index contributed by atoms with van der Waals surface area (Å²) in [4.78, 5) is 12.6. The van der Waals surface area contributed by atoms with Crippen molar-refractivity contribution in [3.8, 4) is 5.75 Å². The van der Waals surface area contributed by atoms with E-state index in [4.69, 9.17) is 16.3 Å².